The molecule has 0 saturated heterocycles. The van der Waals surface area contributed by atoms with Gasteiger partial charge in [-0.05, 0) is 39.0 Å². The lowest BCUT2D eigenvalue weighted by molar-refractivity contribution is 0.0589. The molecule has 0 aromatic heterocycles. The summed E-state index contributed by atoms with van der Waals surface area (Å²) in [5.41, 5.74) is -0.246. The molecule has 0 bridgehead atoms. The molecule has 0 atom stereocenters. The topological polar surface area (TPSA) is 102 Å². The zero-order valence-corrected chi connectivity index (χ0v) is 12.7. The van der Waals surface area contributed by atoms with E-state index in [1.54, 1.807) is 31.7 Å². The summed E-state index contributed by atoms with van der Waals surface area (Å²) < 4.78 is 28.4. The molecule has 1 rings (SSSR count). The van der Waals surface area contributed by atoms with Crippen molar-refractivity contribution in [3.05, 3.63) is 24.3 Å². The summed E-state index contributed by atoms with van der Waals surface area (Å²) in [4.78, 5) is 14.8. The molecular weight excluding hydrogens is 282 g/mol. The van der Waals surface area contributed by atoms with Crippen LogP contribution < -0.4 is 15.6 Å². The molecule has 3 N–H and O–H groups in total. The van der Waals surface area contributed by atoms with Gasteiger partial charge >= 0.3 is 6.09 Å². The third-order valence-corrected chi connectivity index (χ3v) is 3.52. The fourth-order valence-electron chi connectivity index (χ4n) is 1.36. The Balaban J connectivity index is 3.04. The number of ether oxygens (including phenoxy) is 1. The summed E-state index contributed by atoms with van der Waals surface area (Å²) >= 11 is 0. The van der Waals surface area contributed by atoms with Crippen LogP contribution in [0, 0.1) is 0 Å². The van der Waals surface area contributed by atoms with Gasteiger partial charge in [0, 0.05) is 12.7 Å². The maximum atomic E-state index is 11.9. The first-order valence-electron chi connectivity index (χ1n) is 5.86. The number of hydrogen-bond acceptors (Lipinski definition) is 5. The van der Waals surface area contributed by atoms with Crippen LogP contribution in [0.25, 0.3) is 0 Å². The van der Waals surface area contributed by atoms with Crippen LogP contribution >= 0.6 is 0 Å². The molecule has 20 heavy (non-hydrogen) atoms. The molecule has 0 aliphatic carbocycles. The van der Waals surface area contributed by atoms with Crippen molar-refractivity contribution in [3.8, 4) is 0 Å². The normalized spacial score (nSPS) is 12.1. The Bertz CT molecular complexity index is 593. The quantitative estimate of drug-likeness (QED) is 0.645. The number of nitrogens with two attached hydrogens (primary N) is 1. The summed E-state index contributed by atoms with van der Waals surface area (Å²) in [6, 6.07) is 5.82. The fraction of sp³-hybridized carbons (Fsp3) is 0.417. The van der Waals surface area contributed by atoms with Crippen LogP contribution in [0.3, 0.4) is 0 Å². The predicted octanol–water partition coefficient (Wildman–Crippen LogP) is 1.21. The summed E-state index contributed by atoms with van der Waals surface area (Å²) in [6.45, 7) is 5.24. The number of sulfonamides is 1. The highest BCUT2D eigenvalue weighted by Crippen LogP contribution is 2.20. The largest absolute Gasteiger partial charge is 0.443 e. The molecule has 1 aromatic rings. The average molecular weight is 301 g/mol. The molecule has 1 aromatic carbocycles. The van der Waals surface area contributed by atoms with Crippen molar-refractivity contribution >= 4 is 21.8 Å². The lowest BCUT2D eigenvalue weighted by Crippen LogP contribution is -2.34. The number of hydrogen-bond donors (Lipinski definition) is 2. The zero-order valence-electron chi connectivity index (χ0n) is 11.9. The van der Waals surface area contributed by atoms with Crippen molar-refractivity contribution < 1.29 is 17.9 Å². The molecule has 0 aliphatic rings. The average Bonchev–Trinajstić information content (AvgIpc) is 2.36. The van der Waals surface area contributed by atoms with Crippen molar-refractivity contribution in [1.82, 2.24) is 4.83 Å². The maximum Gasteiger partial charge on any atom is 0.414 e. The minimum absolute atomic E-state index is 0.0343. The molecule has 0 aliphatic heterocycles. The third kappa shape index (κ3) is 4.19. The Morgan fingerprint density at radius 3 is 2.45 bits per heavy atom. The fourth-order valence-corrected chi connectivity index (χ4v) is 2.03. The molecule has 8 heteroatoms. The number of hydrazine groups is 1. The van der Waals surface area contributed by atoms with Gasteiger partial charge in [-0.1, -0.05) is 6.07 Å². The first-order valence-corrected chi connectivity index (χ1v) is 7.34. The molecule has 0 heterocycles. The number of rotatable bonds is 3. The standard InChI is InChI=1S/C12H19N3O4S/c1-12(2,3)19-11(16)15(4)9-6-5-7-10(8-9)20(17,18)14-13/h5-8,14H,13H2,1-4H3. The van der Waals surface area contributed by atoms with Gasteiger partial charge in [0.2, 0.25) is 0 Å². The van der Waals surface area contributed by atoms with Crippen molar-refractivity contribution in [2.24, 2.45) is 5.84 Å². The Hall–Kier alpha value is -1.64. The number of nitrogens with zero attached hydrogens (tertiary/aromatic N) is 1. The monoisotopic (exact) mass is 301 g/mol. The van der Waals surface area contributed by atoms with E-state index in [0.717, 1.165) is 0 Å². The van der Waals surface area contributed by atoms with Gasteiger partial charge in [0.05, 0.1) is 4.90 Å². The highest BCUT2D eigenvalue weighted by molar-refractivity contribution is 7.89. The summed E-state index contributed by atoms with van der Waals surface area (Å²) in [5, 5.41) is 0. The highest BCUT2D eigenvalue weighted by Gasteiger charge is 2.21. The highest BCUT2D eigenvalue weighted by atomic mass is 32.2. The zero-order chi connectivity index (χ0) is 15.6. The van der Waals surface area contributed by atoms with Crippen molar-refractivity contribution in [2.75, 3.05) is 11.9 Å². The van der Waals surface area contributed by atoms with Crippen LogP contribution in [0.1, 0.15) is 20.8 Å². The Morgan fingerprint density at radius 2 is 1.95 bits per heavy atom. The maximum absolute atomic E-state index is 11.9. The van der Waals surface area contributed by atoms with Crippen molar-refractivity contribution in [3.63, 3.8) is 0 Å². The van der Waals surface area contributed by atoms with Gasteiger partial charge in [0.25, 0.3) is 10.0 Å². The number of nitrogens with one attached hydrogen (secondary N) is 1. The van der Waals surface area contributed by atoms with Crippen LogP contribution in [-0.4, -0.2) is 27.2 Å². The van der Waals surface area contributed by atoms with Crippen LogP contribution in [0.5, 0.6) is 0 Å². The number of carbonyl (C=O) groups is 1. The Morgan fingerprint density at radius 1 is 1.35 bits per heavy atom. The molecule has 0 spiro atoms. The minimum atomic E-state index is -3.77. The molecular formula is C12H19N3O4S. The minimum Gasteiger partial charge on any atom is -0.443 e. The second kappa shape index (κ2) is 5.78. The van der Waals surface area contributed by atoms with Crippen LogP contribution in [0.2, 0.25) is 0 Å². The van der Waals surface area contributed by atoms with E-state index in [1.807, 2.05) is 0 Å². The van der Waals surface area contributed by atoms with Crippen LogP contribution in [0.15, 0.2) is 29.2 Å². The lowest BCUT2D eigenvalue weighted by Gasteiger charge is -2.24. The molecule has 7 nitrogen and oxygen atoms in total. The van der Waals surface area contributed by atoms with Gasteiger partial charge in [0.15, 0.2) is 0 Å². The number of carbonyl (C=O) groups excluding carboxylic acids is 1. The number of amides is 1. The van der Waals surface area contributed by atoms with Gasteiger partial charge in [-0.15, -0.1) is 0 Å². The van der Waals surface area contributed by atoms with E-state index in [2.05, 4.69) is 0 Å². The van der Waals surface area contributed by atoms with Crippen LogP contribution in [0.4, 0.5) is 10.5 Å². The smallest absolute Gasteiger partial charge is 0.414 e. The van der Waals surface area contributed by atoms with Crippen molar-refractivity contribution in [2.45, 2.75) is 31.3 Å². The van der Waals surface area contributed by atoms with Gasteiger partial charge in [0.1, 0.15) is 5.60 Å². The molecule has 0 unspecified atom stereocenters. The lowest BCUT2D eigenvalue weighted by atomic mass is 10.2. The molecule has 0 radical (unpaired) electrons. The van der Waals surface area contributed by atoms with Gasteiger partial charge in [-0.3, -0.25) is 10.7 Å². The first-order chi connectivity index (χ1) is 9.07. The second-order valence-corrected chi connectivity index (χ2v) is 6.87. The van der Waals surface area contributed by atoms with Gasteiger partial charge in [-0.2, -0.15) is 4.83 Å². The van der Waals surface area contributed by atoms with E-state index in [4.69, 9.17) is 10.6 Å². The van der Waals surface area contributed by atoms with Crippen LogP contribution in [-0.2, 0) is 14.8 Å². The van der Waals surface area contributed by atoms with Gasteiger partial charge in [-0.25, -0.2) is 13.2 Å². The van der Waals surface area contributed by atoms with E-state index in [9.17, 15) is 13.2 Å². The van der Waals surface area contributed by atoms with Gasteiger partial charge < -0.3 is 4.74 Å². The molecule has 112 valence electrons. The predicted molar refractivity (Wildman–Crippen MR) is 75.6 cm³/mol. The number of benzene rings is 1. The Kier molecular flexibility index (Phi) is 4.74. The summed E-state index contributed by atoms with van der Waals surface area (Å²) in [6.07, 6.45) is -0.576. The van der Waals surface area contributed by atoms with E-state index in [1.165, 1.54) is 30.1 Å². The molecule has 0 fully saturated rings. The van der Waals surface area contributed by atoms with E-state index < -0.39 is 21.7 Å². The van der Waals surface area contributed by atoms with E-state index >= 15 is 0 Å². The molecule has 0 saturated carbocycles. The van der Waals surface area contributed by atoms with E-state index in [-0.39, 0.29) is 4.90 Å². The van der Waals surface area contributed by atoms with Crippen molar-refractivity contribution in [1.29, 1.82) is 0 Å². The summed E-state index contributed by atoms with van der Waals surface area (Å²) in [5.74, 6) is 4.96. The summed E-state index contributed by atoms with van der Waals surface area (Å²) in [7, 11) is -2.27. The number of anilines is 1. The molecule has 1 amide bonds. The Labute approximate surface area is 118 Å². The first kappa shape index (κ1) is 16.4. The third-order valence-electron chi connectivity index (χ3n) is 2.34. The second-order valence-electron chi connectivity index (χ2n) is 5.16. The van der Waals surface area contributed by atoms with E-state index in [0.29, 0.717) is 5.69 Å². The SMILES string of the molecule is CN(C(=O)OC(C)(C)C)c1cccc(S(=O)(=O)NN)c1.